The highest BCUT2D eigenvalue weighted by Crippen LogP contribution is 2.48. The van der Waals surface area contributed by atoms with Crippen LogP contribution < -0.4 is 4.74 Å². The molecule has 1 N–H and O–H groups in total. The number of hydrogen-bond acceptors (Lipinski definition) is 3. The summed E-state index contributed by atoms with van der Waals surface area (Å²) in [6.45, 7) is 4.24. The van der Waals surface area contributed by atoms with E-state index in [4.69, 9.17) is 4.74 Å². The van der Waals surface area contributed by atoms with E-state index in [9.17, 15) is 5.11 Å². The van der Waals surface area contributed by atoms with Crippen LogP contribution in [0, 0.1) is 6.92 Å². The summed E-state index contributed by atoms with van der Waals surface area (Å²) in [5.41, 5.74) is 3.33. The van der Waals surface area contributed by atoms with Crippen molar-refractivity contribution in [3.63, 3.8) is 0 Å². The molecule has 35 heavy (non-hydrogen) atoms. The molecule has 0 aliphatic rings. The van der Waals surface area contributed by atoms with Gasteiger partial charge in [-0.2, -0.15) is 0 Å². The van der Waals surface area contributed by atoms with Crippen molar-refractivity contribution in [2.24, 2.45) is 0 Å². The van der Waals surface area contributed by atoms with Gasteiger partial charge in [-0.25, -0.2) is 4.98 Å². The molecule has 1 aromatic heterocycles. The first kappa shape index (κ1) is 22.8. The Morgan fingerprint density at radius 1 is 0.829 bits per heavy atom. The summed E-state index contributed by atoms with van der Waals surface area (Å²) in [5.74, 6) is 0.0313. The number of rotatable bonds is 7. The van der Waals surface area contributed by atoms with E-state index in [0.29, 0.717) is 5.88 Å². The zero-order valence-corrected chi connectivity index (χ0v) is 19.8. The third kappa shape index (κ3) is 4.20. The third-order valence-electron chi connectivity index (χ3n) is 6.74. The third-order valence-corrected chi connectivity index (χ3v) is 6.74. The van der Waals surface area contributed by atoms with Crippen LogP contribution in [0.25, 0.3) is 21.9 Å². The lowest BCUT2D eigenvalue weighted by Gasteiger charge is -2.38. The first-order valence-corrected chi connectivity index (χ1v) is 11.8. The fourth-order valence-electron chi connectivity index (χ4n) is 5.03. The monoisotopic (exact) mass is 458 g/mol. The molecule has 2 atom stereocenters. The van der Waals surface area contributed by atoms with Crippen molar-refractivity contribution in [1.82, 2.24) is 4.98 Å². The topological polar surface area (TPSA) is 42.4 Å². The second kappa shape index (κ2) is 9.73. The predicted octanol–water partition coefficient (Wildman–Crippen LogP) is 7.15. The molecule has 5 aromatic rings. The van der Waals surface area contributed by atoms with Gasteiger partial charge in [-0.05, 0) is 39.9 Å². The van der Waals surface area contributed by atoms with Crippen molar-refractivity contribution in [3.8, 4) is 17.0 Å². The molecule has 0 amide bonds. The van der Waals surface area contributed by atoms with Gasteiger partial charge in [0.25, 0.3) is 0 Å². The molecule has 0 aliphatic carbocycles. The molecule has 0 saturated carbocycles. The zero-order valence-electron chi connectivity index (χ0n) is 19.8. The lowest BCUT2D eigenvalue weighted by Crippen LogP contribution is -2.34. The minimum atomic E-state index is -1.31. The van der Waals surface area contributed by atoms with Crippen LogP contribution in [0.2, 0.25) is 0 Å². The predicted molar refractivity (Wildman–Crippen MR) is 142 cm³/mol. The number of pyridine rings is 1. The molecule has 2 unspecified atom stereocenters. The fourth-order valence-corrected chi connectivity index (χ4v) is 5.03. The average Bonchev–Trinajstić information content (AvgIpc) is 2.93. The number of aliphatic hydroxyl groups is 1. The molecule has 3 heteroatoms. The molecule has 5 rings (SSSR count). The minimum absolute atomic E-state index is 0.263. The molecule has 1 radical (unpaired) electrons. The highest BCUT2D eigenvalue weighted by molar-refractivity contribution is 5.86. The Balaban J connectivity index is 1.79. The molecular formula is C32H28NO2. The Kier molecular flexibility index (Phi) is 6.35. The van der Waals surface area contributed by atoms with Gasteiger partial charge in [-0.15, -0.1) is 0 Å². The number of benzene rings is 4. The number of hydrogen-bond donors (Lipinski definition) is 1. The van der Waals surface area contributed by atoms with Crippen LogP contribution in [0.1, 0.15) is 29.0 Å². The number of nitrogens with zero attached hydrogens (tertiary/aromatic N) is 1. The van der Waals surface area contributed by atoms with E-state index in [-0.39, 0.29) is 6.42 Å². The Labute approximate surface area is 206 Å². The maximum absolute atomic E-state index is 12.6. The molecule has 173 valence electrons. The first-order valence-electron chi connectivity index (χ1n) is 11.8. The van der Waals surface area contributed by atoms with Crippen molar-refractivity contribution in [2.45, 2.75) is 17.9 Å². The van der Waals surface area contributed by atoms with Crippen LogP contribution in [0.15, 0.2) is 115 Å². The summed E-state index contributed by atoms with van der Waals surface area (Å²) in [4.78, 5) is 4.67. The van der Waals surface area contributed by atoms with E-state index in [0.717, 1.165) is 38.6 Å². The highest BCUT2D eigenvalue weighted by Gasteiger charge is 2.42. The smallest absolute Gasteiger partial charge is 0.217 e. The maximum atomic E-state index is 12.6. The molecule has 0 fully saturated rings. The van der Waals surface area contributed by atoms with Crippen molar-refractivity contribution in [2.75, 3.05) is 7.11 Å². The van der Waals surface area contributed by atoms with E-state index in [1.54, 1.807) is 7.11 Å². The summed E-state index contributed by atoms with van der Waals surface area (Å²) < 4.78 is 5.76. The zero-order chi connectivity index (χ0) is 24.3. The van der Waals surface area contributed by atoms with Crippen molar-refractivity contribution in [1.29, 1.82) is 0 Å². The van der Waals surface area contributed by atoms with Gasteiger partial charge in [-0.1, -0.05) is 110 Å². The van der Waals surface area contributed by atoms with Gasteiger partial charge >= 0.3 is 0 Å². The summed E-state index contributed by atoms with van der Waals surface area (Å²) in [6.07, 6.45) is 2.08. The Hall–Kier alpha value is -3.95. The molecule has 0 aliphatic heterocycles. The number of aromatic nitrogens is 1. The fraction of sp³-hybridized carbons (Fsp3) is 0.125. The van der Waals surface area contributed by atoms with Crippen LogP contribution in [-0.2, 0) is 5.60 Å². The van der Waals surface area contributed by atoms with Crippen molar-refractivity contribution in [3.05, 3.63) is 139 Å². The molecule has 0 bridgehead atoms. The average molecular weight is 459 g/mol. The normalized spacial score (nSPS) is 13.8. The van der Waals surface area contributed by atoms with E-state index in [1.807, 2.05) is 79.0 Å². The summed E-state index contributed by atoms with van der Waals surface area (Å²) in [5, 5.41) is 14.7. The largest absolute Gasteiger partial charge is 0.481 e. The lowest BCUT2D eigenvalue weighted by atomic mass is 9.71. The highest BCUT2D eigenvalue weighted by atomic mass is 16.5. The standard InChI is InChI=1S/C32H28NO2/c1-3-32(34,29-20-12-18-24-15-10-11-19-27(24)29)30(25-16-8-5-9-17-25)28-21-26(22-33-31(28)35-2)23-13-6-4-7-14-23/h4-22,30,34H,1,3H2,2H3. The number of ether oxygens (including phenoxy) is 1. The minimum Gasteiger partial charge on any atom is -0.481 e. The van der Waals surface area contributed by atoms with Gasteiger partial charge in [0.1, 0.15) is 5.60 Å². The van der Waals surface area contributed by atoms with Gasteiger partial charge in [-0.3, -0.25) is 0 Å². The van der Waals surface area contributed by atoms with Crippen LogP contribution >= 0.6 is 0 Å². The molecule has 3 nitrogen and oxygen atoms in total. The molecular weight excluding hydrogens is 430 g/mol. The van der Waals surface area contributed by atoms with Gasteiger partial charge in [0.05, 0.1) is 7.11 Å². The first-order chi connectivity index (χ1) is 17.2. The van der Waals surface area contributed by atoms with Crippen LogP contribution in [0.4, 0.5) is 0 Å². The Bertz CT molecular complexity index is 1430. The number of methoxy groups -OCH3 is 1. The molecule has 0 saturated heterocycles. The quantitative estimate of drug-likeness (QED) is 0.281. The van der Waals surface area contributed by atoms with Gasteiger partial charge in [0.15, 0.2) is 0 Å². The number of fused-ring (bicyclic) bond motifs is 1. The van der Waals surface area contributed by atoms with E-state index < -0.39 is 11.5 Å². The Morgan fingerprint density at radius 2 is 1.49 bits per heavy atom. The molecule has 4 aromatic carbocycles. The van der Waals surface area contributed by atoms with Gasteiger partial charge in [0.2, 0.25) is 5.88 Å². The van der Waals surface area contributed by atoms with Crippen LogP contribution in [0.3, 0.4) is 0 Å². The van der Waals surface area contributed by atoms with E-state index >= 15 is 0 Å². The van der Waals surface area contributed by atoms with E-state index in [2.05, 4.69) is 48.3 Å². The lowest BCUT2D eigenvalue weighted by molar-refractivity contribution is 0.0220. The molecule has 1 heterocycles. The Morgan fingerprint density at radius 3 is 2.20 bits per heavy atom. The molecule has 0 spiro atoms. The SMILES string of the molecule is [CH2]CC(O)(c1cccc2ccccc12)C(c1ccccc1)c1cc(-c2ccccc2)cnc1OC. The van der Waals surface area contributed by atoms with Crippen LogP contribution in [0.5, 0.6) is 5.88 Å². The van der Waals surface area contributed by atoms with Gasteiger partial charge in [0, 0.05) is 23.2 Å². The van der Waals surface area contributed by atoms with Crippen molar-refractivity contribution < 1.29 is 9.84 Å². The summed E-state index contributed by atoms with van der Waals surface area (Å²) in [6, 6.07) is 36.5. The van der Waals surface area contributed by atoms with Gasteiger partial charge < -0.3 is 9.84 Å². The summed E-state index contributed by atoms with van der Waals surface area (Å²) >= 11 is 0. The van der Waals surface area contributed by atoms with E-state index in [1.165, 1.54) is 0 Å². The van der Waals surface area contributed by atoms with Crippen LogP contribution in [-0.4, -0.2) is 17.2 Å². The second-order valence-corrected chi connectivity index (χ2v) is 8.73. The van der Waals surface area contributed by atoms with Crippen molar-refractivity contribution >= 4 is 10.8 Å². The summed E-state index contributed by atoms with van der Waals surface area (Å²) in [7, 11) is 1.62. The second-order valence-electron chi connectivity index (χ2n) is 8.73. The maximum Gasteiger partial charge on any atom is 0.217 e.